The zero-order chi connectivity index (χ0) is 20.5. The van der Waals surface area contributed by atoms with Gasteiger partial charge in [0, 0.05) is 18.1 Å². The first-order valence-corrected chi connectivity index (χ1v) is 10.8. The van der Waals surface area contributed by atoms with E-state index in [1.807, 2.05) is 50.2 Å². The van der Waals surface area contributed by atoms with Crippen molar-refractivity contribution >= 4 is 55.2 Å². The number of anilines is 1. The van der Waals surface area contributed by atoms with Crippen molar-refractivity contribution in [3.05, 3.63) is 58.0 Å². The third kappa shape index (κ3) is 3.56. The molecule has 0 aliphatic rings. The molecule has 8 heteroatoms. The zero-order valence-corrected chi connectivity index (χ0v) is 17.8. The number of aryl methyl sites for hydroxylation is 1. The summed E-state index contributed by atoms with van der Waals surface area (Å²) < 4.78 is 4.26. The molecule has 0 radical (unpaired) electrons. The number of amides is 1. The van der Waals surface area contributed by atoms with Crippen molar-refractivity contribution in [2.75, 3.05) is 11.4 Å². The van der Waals surface area contributed by atoms with Crippen LogP contribution in [0.4, 0.5) is 5.13 Å². The summed E-state index contributed by atoms with van der Waals surface area (Å²) >= 11 is 7.50. The first kappa shape index (κ1) is 19.7. The molecule has 0 N–H and O–H groups in total. The lowest BCUT2D eigenvalue weighted by Crippen LogP contribution is -2.36. The van der Waals surface area contributed by atoms with Crippen LogP contribution in [0.3, 0.4) is 0 Å². The number of carbonyl (C=O) groups excluding carboxylic acids is 1. The highest BCUT2D eigenvalue weighted by atomic mass is 35.5. The number of likely N-dealkylation sites (N-methyl/N-ethyl adjacent to an activating group) is 1. The van der Waals surface area contributed by atoms with E-state index in [0.29, 0.717) is 23.2 Å². The fourth-order valence-electron chi connectivity index (χ4n) is 3.51. The number of fused-ring (bicyclic) bond motifs is 2. The molecule has 2 aromatic heterocycles. The van der Waals surface area contributed by atoms with Crippen molar-refractivity contribution in [1.82, 2.24) is 14.1 Å². The molecule has 29 heavy (non-hydrogen) atoms. The number of benzene rings is 2. The van der Waals surface area contributed by atoms with E-state index in [4.69, 9.17) is 11.6 Å². The summed E-state index contributed by atoms with van der Waals surface area (Å²) in [6, 6.07) is 13.1. The third-order valence-corrected chi connectivity index (χ3v) is 6.15. The maximum atomic E-state index is 13.1. The Labute approximate surface area is 177 Å². The number of nitrogens with zero attached hydrogens (tertiary/aromatic N) is 4. The molecule has 4 aromatic rings. The van der Waals surface area contributed by atoms with E-state index in [1.165, 1.54) is 11.3 Å². The van der Waals surface area contributed by atoms with Gasteiger partial charge in [-0.2, -0.15) is 0 Å². The molecule has 4 rings (SSSR count). The van der Waals surface area contributed by atoms with Gasteiger partial charge in [-0.05, 0) is 43.7 Å². The summed E-state index contributed by atoms with van der Waals surface area (Å²) in [7, 11) is 0. The molecule has 0 spiro atoms. The molecular weight excluding hydrogens is 408 g/mol. The van der Waals surface area contributed by atoms with Crippen LogP contribution in [-0.2, 0) is 17.9 Å². The van der Waals surface area contributed by atoms with Crippen molar-refractivity contribution in [1.29, 1.82) is 0 Å². The minimum absolute atomic E-state index is 0.0272. The first-order chi connectivity index (χ1) is 14.0. The van der Waals surface area contributed by atoms with Gasteiger partial charge in [0.2, 0.25) is 5.91 Å². The van der Waals surface area contributed by atoms with Gasteiger partial charge in [0.05, 0.1) is 21.3 Å². The van der Waals surface area contributed by atoms with E-state index in [1.54, 1.807) is 20.1 Å². The molecule has 0 bridgehead atoms. The third-order valence-electron chi connectivity index (χ3n) is 4.85. The number of hydrogen-bond donors (Lipinski definition) is 0. The number of para-hydroxylation sites is 2. The van der Waals surface area contributed by atoms with Crippen molar-refractivity contribution < 1.29 is 4.79 Å². The fraction of sp³-hybridized carbons (Fsp3) is 0.286. The van der Waals surface area contributed by atoms with Crippen molar-refractivity contribution in [2.45, 2.75) is 33.4 Å². The summed E-state index contributed by atoms with van der Waals surface area (Å²) in [5.74, 6) is -0.167. The second kappa shape index (κ2) is 8.00. The zero-order valence-electron chi connectivity index (χ0n) is 16.3. The molecule has 2 heterocycles. The topological polar surface area (TPSA) is 60.1 Å². The number of rotatable bonds is 6. The first-order valence-electron chi connectivity index (χ1n) is 9.58. The largest absolute Gasteiger partial charge is 0.329 e. The molecule has 0 fully saturated rings. The monoisotopic (exact) mass is 428 g/mol. The summed E-state index contributed by atoms with van der Waals surface area (Å²) in [6.45, 7) is 4.99. The molecule has 1 amide bonds. The normalized spacial score (nSPS) is 11.4. The van der Waals surface area contributed by atoms with Gasteiger partial charge < -0.3 is 0 Å². The van der Waals surface area contributed by atoms with Crippen LogP contribution in [0, 0.1) is 0 Å². The minimum Gasteiger partial charge on any atom is -0.292 e. The second-order valence-corrected chi connectivity index (χ2v) is 8.20. The lowest BCUT2D eigenvalue weighted by atomic mass is 10.3. The number of halogens is 1. The van der Waals surface area contributed by atoms with Gasteiger partial charge in [-0.25, -0.2) is 9.78 Å². The van der Waals surface area contributed by atoms with E-state index < -0.39 is 0 Å². The Morgan fingerprint density at radius 1 is 1.14 bits per heavy atom. The van der Waals surface area contributed by atoms with Crippen LogP contribution in [0.1, 0.15) is 20.3 Å². The fourth-order valence-corrected chi connectivity index (χ4v) is 4.70. The molecule has 0 saturated carbocycles. The lowest BCUT2D eigenvalue weighted by Gasteiger charge is -2.17. The van der Waals surface area contributed by atoms with Crippen LogP contribution in [0.2, 0.25) is 5.02 Å². The number of thiazole rings is 1. The van der Waals surface area contributed by atoms with Crippen molar-refractivity contribution in [3.8, 4) is 0 Å². The highest BCUT2D eigenvalue weighted by Crippen LogP contribution is 2.30. The average molecular weight is 429 g/mol. The Bertz CT molecular complexity index is 1260. The quantitative estimate of drug-likeness (QED) is 0.453. The SMILES string of the molecule is CCCn1c(=O)n(CC(=O)N(CC)c2nc3cc(Cl)ccc3s2)c2ccccc21. The maximum Gasteiger partial charge on any atom is 0.329 e. The molecule has 0 aliphatic carbocycles. The molecule has 2 aromatic carbocycles. The van der Waals surface area contributed by atoms with E-state index in [9.17, 15) is 9.59 Å². The van der Waals surface area contributed by atoms with Gasteiger partial charge in [-0.1, -0.05) is 42.0 Å². The smallest absolute Gasteiger partial charge is 0.292 e. The summed E-state index contributed by atoms with van der Waals surface area (Å²) in [5.41, 5.74) is 2.23. The van der Waals surface area contributed by atoms with Crippen LogP contribution in [0.15, 0.2) is 47.3 Å². The molecule has 150 valence electrons. The summed E-state index contributed by atoms with van der Waals surface area (Å²) in [4.78, 5) is 32.3. The molecule has 0 aliphatic heterocycles. The standard InChI is InChI=1S/C21H21ClN4O2S/c1-3-11-25-16-7-5-6-8-17(16)26(21(25)28)13-19(27)24(4-2)20-23-15-12-14(22)9-10-18(15)29-20/h5-10,12H,3-4,11,13H2,1-2H3. The van der Waals surface area contributed by atoms with Crippen LogP contribution in [0.5, 0.6) is 0 Å². The Morgan fingerprint density at radius 2 is 1.86 bits per heavy atom. The maximum absolute atomic E-state index is 13.1. The van der Waals surface area contributed by atoms with E-state index >= 15 is 0 Å². The number of hydrogen-bond acceptors (Lipinski definition) is 4. The van der Waals surface area contributed by atoms with Gasteiger partial charge in [-0.15, -0.1) is 0 Å². The van der Waals surface area contributed by atoms with Gasteiger partial charge >= 0.3 is 5.69 Å². The number of aromatic nitrogens is 3. The summed E-state index contributed by atoms with van der Waals surface area (Å²) in [6.07, 6.45) is 0.844. The summed E-state index contributed by atoms with van der Waals surface area (Å²) in [5, 5.41) is 1.22. The molecule has 0 saturated heterocycles. The van der Waals surface area contributed by atoms with Crippen LogP contribution >= 0.6 is 22.9 Å². The van der Waals surface area contributed by atoms with E-state index in [2.05, 4.69) is 4.98 Å². The Morgan fingerprint density at radius 3 is 2.55 bits per heavy atom. The number of imidazole rings is 1. The Balaban J connectivity index is 1.70. The van der Waals surface area contributed by atoms with Crippen LogP contribution < -0.4 is 10.6 Å². The van der Waals surface area contributed by atoms with Crippen molar-refractivity contribution in [3.63, 3.8) is 0 Å². The minimum atomic E-state index is -0.167. The van der Waals surface area contributed by atoms with E-state index in [-0.39, 0.29) is 18.1 Å². The second-order valence-electron chi connectivity index (χ2n) is 6.76. The molecule has 0 atom stereocenters. The van der Waals surface area contributed by atoms with Gasteiger partial charge in [0.1, 0.15) is 6.54 Å². The highest BCUT2D eigenvalue weighted by molar-refractivity contribution is 7.22. The molecule has 0 unspecified atom stereocenters. The highest BCUT2D eigenvalue weighted by Gasteiger charge is 2.21. The van der Waals surface area contributed by atoms with Crippen LogP contribution in [-0.4, -0.2) is 26.6 Å². The predicted molar refractivity (Wildman–Crippen MR) is 119 cm³/mol. The van der Waals surface area contributed by atoms with E-state index in [0.717, 1.165) is 27.7 Å². The molecule has 6 nitrogen and oxygen atoms in total. The van der Waals surface area contributed by atoms with Crippen molar-refractivity contribution in [2.24, 2.45) is 0 Å². The van der Waals surface area contributed by atoms with Gasteiger partial charge in [0.15, 0.2) is 5.13 Å². The predicted octanol–water partition coefficient (Wildman–Crippen LogP) is 4.53. The Hall–Kier alpha value is -2.64. The Kier molecular flexibility index (Phi) is 5.43. The lowest BCUT2D eigenvalue weighted by molar-refractivity contribution is -0.119. The van der Waals surface area contributed by atoms with Gasteiger partial charge in [-0.3, -0.25) is 18.8 Å². The number of carbonyl (C=O) groups is 1. The molecular formula is C21H21ClN4O2S. The van der Waals surface area contributed by atoms with Gasteiger partial charge in [0.25, 0.3) is 0 Å². The van der Waals surface area contributed by atoms with Crippen LogP contribution in [0.25, 0.3) is 21.3 Å². The average Bonchev–Trinajstić information content (AvgIpc) is 3.23.